The van der Waals surface area contributed by atoms with Gasteiger partial charge in [0.1, 0.15) is 17.3 Å². The molecule has 2 N–H and O–H groups in total. The summed E-state index contributed by atoms with van der Waals surface area (Å²) in [6.45, 7) is 6.53. The molecule has 1 aromatic heterocycles. The van der Waals surface area contributed by atoms with E-state index in [1.165, 1.54) is 11.1 Å². The van der Waals surface area contributed by atoms with Crippen LogP contribution in [0, 0.1) is 0 Å². The van der Waals surface area contributed by atoms with Crippen molar-refractivity contribution in [3.8, 4) is 28.4 Å². The normalized spacial score (nSPS) is 13.2. The van der Waals surface area contributed by atoms with E-state index < -0.39 is 0 Å². The number of nitrogens with two attached hydrogens (primary N) is 1. The Morgan fingerprint density at radius 1 is 0.848 bits per heavy atom. The zero-order chi connectivity index (χ0) is 32.4. The standard InChI is InChI=1S/C39H47ClN4O2/c1-4-39(41,5-2)24-7-26-45-36-20-16-34(17-21-36)44-29-37(42-38(44)22-11-31-8-6-25-43(3)28-31)32-12-18-35(19-13-32)46-27-23-30-9-14-33(40)15-10-30/h6,8-10,12-21,28-29H,4-5,7,11,22-27,41H2,1-3H3. The summed E-state index contributed by atoms with van der Waals surface area (Å²) in [5, 5.41) is 0.747. The maximum Gasteiger partial charge on any atom is 0.119 e. The number of likely N-dealkylation sites (N-methyl/N-ethyl adjacent to an activating group) is 1. The molecule has 0 unspecified atom stereocenters. The second-order valence-corrected chi connectivity index (χ2v) is 12.7. The minimum atomic E-state index is -0.0903. The number of rotatable bonds is 16. The van der Waals surface area contributed by atoms with Gasteiger partial charge in [0, 0.05) is 60.6 Å². The van der Waals surface area contributed by atoms with E-state index in [1.807, 2.05) is 48.5 Å². The first-order valence-electron chi connectivity index (χ1n) is 16.5. The molecule has 0 saturated heterocycles. The number of hydrogen-bond donors (Lipinski definition) is 1. The molecule has 0 radical (unpaired) electrons. The van der Waals surface area contributed by atoms with Crippen molar-refractivity contribution < 1.29 is 9.47 Å². The summed E-state index contributed by atoms with van der Waals surface area (Å²) in [5.74, 6) is 2.73. The summed E-state index contributed by atoms with van der Waals surface area (Å²) < 4.78 is 14.3. The lowest BCUT2D eigenvalue weighted by molar-refractivity contribution is 0.271. The van der Waals surface area contributed by atoms with Crippen molar-refractivity contribution in [2.24, 2.45) is 5.73 Å². The van der Waals surface area contributed by atoms with Crippen LogP contribution in [0.4, 0.5) is 0 Å². The number of benzene rings is 3. The maximum absolute atomic E-state index is 6.46. The Hall–Kier alpha value is -4.00. The molecular weight excluding hydrogens is 592 g/mol. The van der Waals surface area contributed by atoms with Gasteiger partial charge in [-0.3, -0.25) is 0 Å². The van der Waals surface area contributed by atoms with Gasteiger partial charge in [-0.1, -0.05) is 49.7 Å². The highest BCUT2D eigenvalue weighted by molar-refractivity contribution is 6.30. The lowest BCUT2D eigenvalue weighted by Gasteiger charge is -2.26. The first-order chi connectivity index (χ1) is 22.3. The van der Waals surface area contributed by atoms with Crippen molar-refractivity contribution in [1.29, 1.82) is 0 Å². The smallest absolute Gasteiger partial charge is 0.119 e. The number of hydrogen-bond acceptors (Lipinski definition) is 5. The summed E-state index contributed by atoms with van der Waals surface area (Å²) in [6.07, 6.45) is 15.2. The van der Waals surface area contributed by atoms with Gasteiger partial charge in [0.25, 0.3) is 0 Å². The highest BCUT2D eigenvalue weighted by atomic mass is 35.5. The van der Waals surface area contributed by atoms with Gasteiger partial charge < -0.3 is 24.7 Å². The molecule has 3 aromatic carbocycles. The van der Waals surface area contributed by atoms with Crippen LogP contribution in [0.15, 0.2) is 103 Å². The van der Waals surface area contributed by atoms with Crippen molar-refractivity contribution in [2.75, 3.05) is 26.8 Å². The molecule has 7 heteroatoms. The lowest BCUT2D eigenvalue weighted by Crippen LogP contribution is -2.38. The first kappa shape index (κ1) is 33.4. The molecule has 0 amide bonds. The second kappa shape index (κ2) is 16.0. The fourth-order valence-electron chi connectivity index (χ4n) is 5.69. The van der Waals surface area contributed by atoms with Crippen LogP contribution >= 0.6 is 11.6 Å². The minimum absolute atomic E-state index is 0.0903. The third-order valence-electron chi connectivity index (χ3n) is 8.86. The second-order valence-electron chi connectivity index (χ2n) is 12.2. The summed E-state index contributed by atoms with van der Waals surface area (Å²) in [4.78, 5) is 7.34. The van der Waals surface area contributed by atoms with Gasteiger partial charge in [0.05, 0.1) is 18.9 Å². The van der Waals surface area contributed by atoms with E-state index in [4.69, 9.17) is 31.8 Å². The topological polar surface area (TPSA) is 65.5 Å². The van der Waals surface area contributed by atoms with Crippen LogP contribution in [0.2, 0.25) is 5.02 Å². The van der Waals surface area contributed by atoms with Crippen LogP contribution in [-0.2, 0) is 12.8 Å². The summed E-state index contributed by atoms with van der Waals surface area (Å²) in [6, 6.07) is 24.4. The molecule has 5 rings (SSSR count). The predicted molar refractivity (Wildman–Crippen MR) is 190 cm³/mol. The van der Waals surface area contributed by atoms with Gasteiger partial charge in [-0.15, -0.1) is 0 Å². The van der Waals surface area contributed by atoms with Gasteiger partial charge in [-0.2, -0.15) is 0 Å². The Bertz CT molecular complexity index is 1590. The third kappa shape index (κ3) is 9.27. The number of aromatic nitrogens is 2. The molecule has 6 nitrogen and oxygen atoms in total. The summed E-state index contributed by atoms with van der Waals surface area (Å²) >= 11 is 6.01. The zero-order valence-electron chi connectivity index (χ0n) is 27.4. The number of aryl methyl sites for hydroxylation is 1. The predicted octanol–water partition coefficient (Wildman–Crippen LogP) is 8.81. The van der Waals surface area contributed by atoms with Crippen molar-refractivity contribution in [2.45, 2.75) is 64.3 Å². The van der Waals surface area contributed by atoms with Crippen molar-refractivity contribution >= 4 is 11.6 Å². The van der Waals surface area contributed by atoms with Crippen LogP contribution in [0.5, 0.6) is 11.5 Å². The van der Waals surface area contributed by atoms with Crippen molar-refractivity contribution in [3.05, 3.63) is 119 Å². The molecule has 0 bridgehead atoms. The third-order valence-corrected chi connectivity index (χ3v) is 9.11. The monoisotopic (exact) mass is 638 g/mol. The largest absolute Gasteiger partial charge is 0.494 e. The van der Waals surface area contributed by atoms with E-state index in [2.05, 4.69) is 79.2 Å². The molecule has 0 atom stereocenters. The van der Waals surface area contributed by atoms with Gasteiger partial charge in [0.2, 0.25) is 0 Å². The quantitative estimate of drug-likeness (QED) is 0.124. The van der Waals surface area contributed by atoms with E-state index >= 15 is 0 Å². The fraction of sp³-hybridized carbons (Fsp3) is 0.359. The van der Waals surface area contributed by atoms with Gasteiger partial charge in [0.15, 0.2) is 0 Å². The lowest BCUT2D eigenvalue weighted by atomic mass is 9.89. The Morgan fingerprint density at radius 2 is 1.52 bits per heavy atom. The van der Waals surface area contributed by atoms with Crippen LogP contribution in [-0.4, -0.2) is 46.8 Å². The van der Waals surface area contributed by atoms with Gasteiger partial charge >= 0.3 is 0 Å². The molecule has 0 spiro atoms. The highest BCUT2D eigenvalue weighted by Crippen LogP contribution is 2.27. The average Bonchev–Trinajstić information content (AvgIpc) is 3.51. The molecule has 2 heterocycles. The van der Waals surface area contributed by atoms with E-state index in [0.29, 0.717) is 13.2 Å². The van der Waals surface area contributed by atoms with Crippen LogP contribution in [0.1, 0.15) is 57.3 Å². The molecule has 0 saturated carbocycles. The number of ether oxygens (including phenoxy) is 2. The zero-order valence-corrected chi connectivity index (χ0v) is 28.2. The molecule has 0 aliphatic carbocycles. The van der Waals surface area contributed by atoms with E-state index in [0.717, 1.165) is 90.8 Å². The Kier molecular flexibility index (Phi) is 11.6. The van der Waals surface area contributed by atoms with E-state index in [9.17, 15) is 0 Å². The van der Waals surface area contributed by atoms with E-state index in [1.54, 1.807) is 0 Å². The van der Waals surface area contributed by atoms with E-state index in [-0.39, 0.29) is 5.54 Å². The Labute approximate surface area is 279 Å². The number of halogens is 1. The molecule has 46 heavy (non-hydrogen) atoms. The van der Waals surface area contributed by atoms with Crippen LogP contribution in [0.3, 0.4) is 0 Å². The van der Waals surface area contributed by atoms with Gasteiger partial charge in [-0.25, -0.2) is 4.98 Å². The number of allylic oxidation sites excluding steroid dienone is 2. The highest BCUT2D eigenvalue weighted by Gasteiger charge is 2.19. The summed E-state index contributed by atoms with van der Waals surface area (Å²) in [5.41, 5.74) is 11.9. The summed E-state index contributed by atoms with van der Waals surface area (Å²) in [7, 11) is 2.11. The Morgan fingerprint density at radius 3 is 2.20 bits per heavy atom. The van der Waals surface area contributed by atoms with Crippen LogP contribution < -0.4 is 15.2 Å². The molecule has 1 aliphatic heterocycles. The fourth-order valence-corrected chi connectivity index (χ4v) is 5.82. The maximum atomic E-state index is 6.46. The number of imidazole rings is 1. The number of nitrogens with zero attached hydrogens (tertiary/aromatic N) is 3. The average molecular weight is 639 g/mol. The molecule has 242 valence electrons. The minimum Gasteiger partial charge on any atom is -0.494 e. The molecule has 4 aromatic rings. The first-order valence-corrected chi connectivity index (χ1v) is 16.9. The molecular formula is C39H47ClN4O2. The molecule has 1 aliphatic rings. The Balaban J connectivity index is 1.27. The van der Waals surface area contributed by atoms with Crippen LogP contribution in [0.25, 0.3) is 16.9 Å². The SMILES string of the molecule is CCC(N)(CC)CCCOc1ccc(-n2cc(-c3ccc(OCCc4ccc(Cl)cc4)cc3)nc2CCC2=CN(C)CC=C2)cc1. The molecule has 0 fully saturated rings. The van der Waals surface area contributed by atoms with Crippen molar-refractivity contribution in [1.82, 2.24) is 14.5 Å². The van der Waals surface area contributed by atoms with Crippen molar-refractivity contribution in [3.63, 3.8) is 0 Å². The van der Waals surface area contributed by atoms with Gasteiger partial charge in [-0.05, 0) is 104 Å².